The van der Waals surface area contributed by atoms with E-state index in [1.807, 2.05) is 0 Å². The number of aryl methyl sites for hydroxylation is 2. The number of carboxylic acid groups (broad SMARTS) is 1. The zero-order chi connectivity index (χ0) is 14.7. The maximum atomic E-state index is 12.1. The maximum Gasteiger partial charge on any atom is 0.327 e. The van der Waals surface area contributed by atoms with Crippen molar-refractivity contribution in [2.45, 2.75) is 26.4 Å². The van der Waals surface area contributed by atoms with Crippen LogP contribution in [0.3, 0.4) is 0 Å². The molecule has 2 amide bonds. The van der Waals surface area contributed by atoms with E-state index in [0.29, 0.717) is 18.1 Å². The second-order valence-corrected chi connectivity index (χ2v) is 5.73. The third kappa shape index (κ3) is 3.06. The van der Waals surface area contributed by atoms with E-state index in [2.05, 4.69) is 10.5 Å². The molecule has 8 heteroatoms. The molecule has 0 radical (unpaired) electrons. The molecule has 7 nitrogen and oxygen atoms in total. The minimum absolute atomic E-state index is 0.288. The number of rotatable bonds is 3. The van der Waals surface area contributed by atoms with Crippen LogP contribution in [0.25, 0.3) is 0 Å². The number of urea groups is 1. The van der Waals surface area contributed by atoms with Crippen LogP contribution in [0.1, 0.15) is 17.0 Å². The highest BCUT2D eigenvalue weighted by molar-refractivity contribution is 7.99. The van der Waals surface area contributed by atoms with Gasteiger partial charge < -0.3 is 19.8 Å². The minimum Gasteiger partial charge on any atom is -0.480 e. The van der Waals surface area contributed by atoms with Crippen molar-refractivity contribution in [1.82, 2.24) is 15.4 Å². The normalized spacial score (nSPS) is 18.9. The van der Waals surface area contributed by atoms with Crippen molar-refractivity contribution in [2.24, 2.45) is 0 Å². The number of carboxylic acids is 1. The summed E-state index contributed by atoms with van der Waals surface area (Å²) in [6.07, 6.45) is 0. The molecular weight excluding hydrogens is 282 g/mol. The smallest absolute Gasteiger partial charge is 0.327 e. The van der Waals surface area contributed by atoms with E-state index in [-0.39, 0.29) is 12.6 Å². The molecule has 0 aliphatic carbocycles. The first-order valence-electron chi connectivity index (χ1n) is 6.27. The second kappa shape index (κ2) is 6.17. The molecule has 0 spiro atoms. The van der Waals surface area contributed by atoms with E-state index in [1.165, 1.54) is 4.90 Å². The van der Waals surface area contributed by atoms with Crippen molar-refractivity contribution in [1.29, 1.82) is 0 Å². The average Bonchev–Trinajstić information content (AvgIpc) is 2.75. The van der Waals surface area contributed by atoms with Crippen molar-refractivity contribution in [2.75, 3.05) is 18.1 Å². The molecule has 1 unspecified atom stereocenters. The van der Waals surface area contributed by atoms with Crippen LogP contribution in [0.5, 0.6) is 0 Å². The fourth-order valence-electron chi connectivity index (χ4n) is 2.07. The van der Waals surface area contributed by atoms with E-state index in [9.17, 15) is 9.59 Å². The Hall–Kier alpha value is -1.70. The molecule has 0 saturated carbocycles. The number of hydrogen-bond donors (Lipinski definition) is 2. The number of nitrogens with one attached hydrogen (secondary N) is 1. The highest BCUT2D eigenvalue weighted by Crippen LogP contribution is 2.17. The standard InChI is InChI=1S/C12H17N3O4S/c1-7-9(8(2)19-14-7)5-13-12(18)15-3-4-20-6-10(15)11(16)17/h10H,3-6H2,1-2H3,(H,13,18)(H,16,17). The van der Waals surface area contributed by atoms with Crippen LogP contribution < -0.4 is 5.32 Å². The first-order valence-corrected chi connectivity index (χ1v) is 7.43. The molecular formula is C12H17N3O4S. The lowest BCUT2D eigenvalue weighted by molar-refractivity contribution is -0.141. The van der Waals surface area contributed by atoms with E-state index >= 15 is 0 Å². The lowest BCUT2D eigenvalue weighted by Gasteiger charge is -2.32. The van der Waals surface area contributed by atoms with E-state index in [4.69, 9.17) is 9.63 Å². The number of carbonyl (C=O) groups excluding carboxylic acids is 1. The van der Waals surface area contributed by atoms with Gasteiger partial charge in [-0.2, -0.15) is 11.8 Å². The molecule has 1 aromatic heterocycles. The summed E-state index contributed by atoms with van der Waals surface area (Å²) < 4.78 is 5.02. The molecule has 20 heavy (non-hydrogen) atoms. The van der Waals surface area contributed by atoms with E-state index in [0.717, 1.165) is 17.0 Å². The predicted molar refractivity (Wildman–Crippen MR) is 73.7 cm³/mol. The van der Waals surface area contributed by atoms with Gasteiger partial charge in [-0.3, -0.25) is 0 Å². The van der Waals surface area contributed by atoms with Crippen LogP contribution in [0.2, 0.25) is 0 Å². The van der Waals surface area contributed by atoms with Gasteiger partial charge in [-0.1, -0.05) is 5.16 Å². The third-order valence-corrected chi connectivity index (χ3v) is 4.29. The van der Waals surface area contributed by atoms with Crippen LogP contribution in [-0.2, 0) is 11.3 Å². The lowest BCUT2D eigenvalue weighted by atomic mass is 10.2. The first-order chi connectivity index (χ1) is 9.50. The summed E-state index contributed by atoms with van der Waals surface area (Å²) >= 11 is 1.55. The molecule has 1 aromatic rings. The molecule has 110 valence electrons. The van der Waals surface area contributed by atoms with Gasteiger partial charge in [0.1, 0.15) is 11.8 Å². The summed E-state index contributed by atoms with van der Waals surface area (Å²) in [7, 11) is 0. The first kappa shape index (κ1) is 14.7. The molecule has 1 saturated heterocycles. The summed E-state index contributed by atoms with van der Waals surface area (Å²) in [6.45, 7) is 4.31. The Bertz CT molecular complexity index is 497. The number of hydrogen-bond acceptors (Lipinski definition) is 5. The van der Waals surface area contributed by atoms with Gasteiger partial charge >= 0.3 is 12.0 Å². The molecule has 1 aliphatic rings. The largest absolute Gasteiger partial charge is 0.480 e. The highest BCUT2D eigenvalue weighted by atomic mass is 32.2. The molecule has 0 aromatic carbocycles. The second-order valence-electron chi connectivity index (χ2n) is 4.58. The van der Waals surface area contributed by atoms with Gasteiger partial charge in [0.2, 0.25) is 0 Å². The maximum absolute atomic E-state index is 12.1. The number of aliphatic carboxylic acids is 1. The Morgan fingerprint density at radius 3 is 2.90 bits per heavy atom. The van der Waals surface area contributed by atoms with Gasteiger partial charge in [-0.05, 0) is 13.8 Å². The fourth-order valence-corrected chi connectivity index (χ4v) is 3.11. The average molecular weight is 299 g/mol. The van der Waals surface area contributed by atoms with Gasteiger partial charge in [-0.15, -0.1) is 0 Å². The Labute approximate surface area is 120 Å². The van der Waals surface area contributed by atoms with Crippen LogP contribution in [0.15, 0.2) is 4.52 Å². The number of amides is 2. The van der Waals surface area contributed by atoms with Gasteiger partial charge in [0.15, 0.2) is 0 Å². The molecule has 2 rings (SSSR count). The van der Waals surface area contributed by atoms with Crippen molar-refractivity contribution >= 4 is 23.8 Å². The molecule has 0 bridgehead atoms. The number of carbonyl (C=O) groups is 2. The summed E-state index contributed by atoms with van der Waals surface area (Å²) in [5.41, 5.74) is 1.56. The Morgan fingerprint density at radius 1 is 1.55 bits per heavy atom. The van der Waals surface area contributed by atoms with Crippen molar-refractivity contribution in [3.63, 3.8) is 0 Å². The molecule has 1 atom stereocenters. The van der Waals surface area contributed by atoms with Gasteiger partial charge in [0.25, 0.3) is 0 Å². The SMILES string of the molecule is Cc1noc(C)c1CNC(=O)N1CCSCC1C(=O)O. The third-order valence-electron chi connectivity index (χ3n) is 3.27. The predicted octanol–water partition coefficient (Wildman–Crippen LogP) is 1.00. The lowest BCUT2D eigenvalue weighted by Crippen LogP contribution is -2.53. The molecule has 2 heterocycles. The zero-order valence-corrected chi connectivity index (χ0v) is 12.2. The fraction of sp³-hybridized carbons (Fsp3) is 0.583. The Kier molecular flexibility index (Phi) is 4.53. The quantitative estimate of drug-likeness (QED) is 0.864. The van der Waals surface area contributed by atoms with Crippen LogP contribution in [0, 0.1) is 13.8 Å². The van der Waals surface area contributed by atoms with E-state index < -0.39 is 12.0 Å². The van der Waals surface area contributed by atoms with Gasteiger partial charge in [0, 0.05) is 30.2 Å². The summed E-state index contributed by atoms with van der Waals surface area (Å²) in [4.78, 5) is 24.6. The summed E-state index contributed by atoms with van der Waals surface area (Å²) in [6, 6.07) is -1.13. The van der Waals surface area contributed by atoms with Gasteiger partial charge in [0.05, 0.1) is 5.69 Å². The highest BCUT2D eigenvalue weighted by Gasteiger charge is 2.32. The molecule has 1 fully saturated rings. The number of aromatic nitrogens is 1. The van der Waals surface area contributed by atoms with Crippen LogP contribution in [-0.4, -0.2) is 51.3 Å². The van der Waals surface area contributed by atoms with Crippen LogP contribution >= 0.6 is 11.8 Å². The van der Waals surface area contributed by atoms with Crippen molar-refractivity contribution < 1.29 is 19.2 Å². The summed E-state index contributed by atoms with van der Waals surface area (Å²) in [5.74, 6) is 0.868. The molecule has 1 aliphatic heterocycles. The van der Waals surface area contributed by atoms with Crippen molar-refractivity contribution in [3.05, 3.63) is 17.0 Å². The Morgan fingerprint density at radius 2 is 2.30 bits per heavy atom. The summed E-state index contributed by atoms with van der Waals surface area (Å²) in [5, 5.41) is 15.7. The number of nitrogens with zero attached hydrogens (tertiary/aromatic N) is 2. The number of thioether (sulfide) groups is 1. The minimum atomic E-state index is -0.968. The topological polar surface area (TPSA) is 95.7 Å². The zero-order valence-electron chi connectivity index (χ0n) is 11.4. The molecule has 2 N–H and O–H groups in total. The van der Waals surface area contributed by atoms with Crippen molar-refractivity contribution in [3.8, 4) is 0 Å². The van der Waals surface area contributed by atoms with Gasteiger partial charge in [-0.25, -0.2) is 9.59 Å². The monoisotopic (exact) mass is 299 g/mol. The Balaban J connectivity index is 1.98. The van der Waals surface area contributed by atoms with Crippen LogP contribution in [0.4, 0.5) is 4.79 Å². The van der Waals surface area contributed by atoms with E-state index in [1.54, 1.807) is 25.6 Å².